The maximum atomic E-state index is 12.8. The van der Waals surface area contributed by atoms with Gasteiger partial charge in [-0.2, -0.15) is 0 Å². The first-order chi connectivity index (χ1) is 11.0. The standard InChI is InChI=1S/C17H21NO5/c1-9(2)12(19)7-11-15(21-4)10-5-6-13-16(23-8-22-13)14(10)18(3)17(11)20/h5-6,9,12,19H,7-8H2,1-4H3. The number of aromatic nitrogens is 1. The number of nitrogens with zero attached hydrogens (tertiary/aromatic N) is 1. The van der Waals surface area contributed by atoms with Gasteiger partial charge in [0.25, 0.3) is 5.56 Å². The summed E-state index contributed by atoms with van der Waals surface area (Å²) in [6.07, 6.45) is -0.360. The lowest BCUT2D eigenvalue weighted by Crippen LogP contribution is -2.28. The van der Waals surface area contributed by atoms with E-state index in [0.717, 1.165) is 5.39 Å². The first-order valence-electron chi connectivity index (χ1n) is 7.62. The predicted molar refractivity (Wildman–Crippen MR) is 86.4 cm³/mol. The zero-order valence-corrected chi connectivity index (χ0v) is 13.8. The first-order valence-corrected chi connectivity index (χ1v) is 7.62. The van der Waals surface area contributed by atoms with Crippen LogP contribution >= 0.6 is 0 Å². The second kappa shape index (κ2) is 5.77. The summed E-state index contributed by atoms with van der Waals surface area (Å²) < 4.78 is 18.0. The van der Waals surface area contributed by atoms with E-state index in [0.29, 0.717) is 28.3 Å². The van der Waals surface area contributed by atoms with Crippen LogP contribution in [0.15, 0.2) is 16.9 Å². The Kier molecular flexibility index (Phi) is 3.93. The number of aliphatic hydroxyl groups is 1. The molecule has 1 atom stereocenters. The van der Waals surface area contributed by atoms with E-state index >= 15 is 0 Å². The highest BCUT2D eigenvalue weighted by molar-refractivity contribution is 5.93. The number of benzene rings is 1. The second-order valence-electron chi connectivity index (χ2n) is 6.09. The van der Waals surface area contributed by atoms with Crippen LogP contribution in [0.3, 0.4) is 0 Å². The topological polar surface area (TPSA) is 69.9 Å². The molecule has 1 N–H and O–H groups in total. The molecule has 1 aromatic heterocycles. The zero-order valence-electron chi connectivity index (χ0n) is 13.8. The molecule has 6 nitrogen and oxygen atoms in total. The number of pyridine rings is 1. The van der Waals surface area contributed by atoms with Gasteiger partial charge in [-0.25, -0.2) is 0 Å². The summed E-state index contributed by atoms with van der Waals surface area (Å²) in [5.41, 5.74) is 0.921. The smallest absolute Gasteiger partial charge is 0.257 e. The molecule has 0 radical (unpaired) electrons. The normalized spacial score (nSPS) is 14.5. The maximum Gasteiger partial charge on any atom is 0.257 e. The lowest BCUT2D eigenvalue weighted by molar-refractivity contribution is 0.124. The van der Waals surface area contributed by atoms with Crippen LogP contribution in [0.4, 0.5) is 0 Å². The molecular formula is C17H21NO5. The van der Waals surface area contributed by atoms with Gasteiger partial charge in [-0.3, -0.25) is 4.79 Å². The van der Waals surface area contributed by atoms with Gasteiger partial charge in [0.15, 0.2) is 11.5 Å². The van der Waals surface area contributed by atoms with E-state index in [9.17, 15) is 9.90 Å². The van der Waals surface area contributed by atoms with Crippen molar-refractivity contribution in [3.8, 4) is 17.2 Å². The second-order valence-corrected chi connectivity index (χ2v) is 6.09. The van der Waals surface area contributed by atoms with Crippen molar-refractivity contribution in [2.75, 3.05) is 13.9 Å². The van der Waals surface area contributed by atoms with Crippen molar-refractivity contribution in [3.63, 3.8) is 0 Å². The Balaban J connectivity index is 2.29. The van der Waals surface area contributed by atoms with E-state index in [2.05, 4.69) is 0 Å². The molecule has 0 amide bonds. The lowest BCUT2D eigenvalue weighted by atomic mass is 9.98. The van der Waals surface area contributed by atoms with Crippen LogP contribution in [0.2, 0.25) is 0 Å². The quantitative estimate of drug-likeness (QED) is 0.931. The Labute approximate surface area is 134 Å². The fourth-order valence-corrected chi connectivity index (χ4v) is 2.90. The minimum Gasteiger partial charge on any atom is -0.496 e. The fraction of sp³-hybridized carbons (Fsp3) is 0.471. The molecule has 2 aromatic rings. The molecule has 23 heavy (non-hydrogen) atoms. The summed E-state index contributed by atoms with van der Waals surface area (Å²) in [4.78, 5) is 12.8. The molecule has 0 saturated heterocycles. The summed E-state index contributed by atoms with van der Waals surface area (Å²) in [7, 11) is 3.22. The van der Waals surface area contributed by atoms with Gasteiger partial charge in [-0.1, -0.05) is 13.8 Å². The van der Waals surface area contributed by atoms with Gasteiger partial charge in [0.2, 0.25) is 6.79 Å². The molecule has 1 aromatic carbocycles. The maximum absolute atomic E-state index is 12.8. The number of methoxy groups -OCH3 is 1. The summed E-state index contributed by atoms with van der Waals surface area (Å²) >= 11 is 0. The molecule has 0 bridgehead atoms. The molecule has 6 heteroatoms. The minimum atomic E-state index is -0.608. The van der Waals surface area contributed by atoms with E-state index in [1.807, 2.05) is 19.9 Å². The van der Waals surface area contributed by atoms with E-state index in [1.54, 1.807) is 13.1 Å². The fourth-order valence-electron chi connectivity index (χ4n) is 2.90. The Hall–Kier alpha value is -2.21. The average Bonchev–Trinajstić information content (AvgIpc) is 3.00. The van der Waals surface area contributed by atoms with Gasteiger partial charge < -0.3 is 23.9 Å². The average molecular weight is 319 g/mol. The Morgan fingerprint density at radius 1 is 1.35 bits per heavy atom. The van der Waals surface area contributed by atoms with Gasteiger partial charge in [-0.05, 0) is 18.1 Å². The van der Waals surface area contributed by atoms with E-state index in [-0.39, 0.29) is 24.7 Å². The summed E-state index contributed by atoms with van der Waals surface area (Å²) in [5, 5.41) is 11.0. The number of hydrogen-bond acceptors (Lipinski definition) is 5. The van der Waals surface area contributed by atoms with E-state index in [4.69, 9.17) is 14.2 Å². The van der Waals surface area contributed by atoms with Gasteiger partial charge in [-0.15, -0.1) is 0 Å². The third-order valence-electron chi connectivity index (χ3n) is 4.32. The molecule has 0 fully saturated rings. The molecule has 124 valence electrons. The predicted octanol–water partition coefficient (Wildman–Crippen LogP) is 1.84. The Morgan fingerprint density at radius 3 is 2.74 bits per heavy atom. The Morgan fingerprint density at radius 2 is 2.09 bits per heavy atom. The van der Waals surface area contributed by atoms with Gasteiger partial charge in [0.05, 0.1) is 18.8 Å². The first kappa shape index (κ1) is 15.7. The highest BCUT2D eigenvalue weighted by Gasteiger charge is 2.25. The molecular weight excluding hydrogens is 298 g/mol. The van der Waals surface area contributed by atoms with E-state index < -0.39 is 6.10 Å². The van der Waals surface area contributed by atoms with Crippen LogP contribution in [0, 0.1) is 5.92 Å². The van der Waals surface area contributed by atoms with Crippen LogP contribution in [-0.4, -0.2) is 29.7 Å². The Bertz CT molecular complexity index is 809. The number of aliphatic hydroxyl groups excluding tert-OH is 1. The van der Waals surface area contributed by atoms with Crippen molar-refractivity contribution in [1.29, 1.82) is 0 Å². The van der Waals surface area contributed by atoms with Gasteiger partial charge in [0.1, 0.15) is 11.3 Å². The molecule has 1 unspecified atom stereocenters. The third kappa shape index (κ3) is 2.43. The van der Waals surface area contributed by atoms with Crippen molar-refractivity contribution >= 4 is 10.9 Å². The van der Waals surface area contributed by atoms with Crippen LogP contribution in [0.5, 0.6) is 17.2 Å². The highest BCUT2D eigenvalue weighted by Crippen LogP contribution is 2.42. The zero-order chi connectivity index (χ0) is 16.7. The molecule has 0 aliphatic carbocycles. The van der Waals surface area contributed by atoms with Crippen molar-refractivity contribution in [1.82, 2.24) is 4.57 Å². The summed E-state index contributed by atoms with van der Waals surface area (Å²) in [6, 6.07) is 3.66. The molecule has 0 spiro atoms. The third-order valence-corrected chi connectivity index (χ3v) is 4.32. The number of aryl methyl sites for hydroxylation is 1. The monoisotopic (exact) mass is 319 g/mol. The van der Waals surface area contributed by atoms with Crippen LogP contribution in [0.1, 0.15) is 19.4 Å². The minimum absolute atomic E-state index is 0.0527. The SMILES string of the molecule is COc1c(CC(O)C(C)C)c(=O)n(C)c2c3c(ccc12)OCO3. The molecule has 1 aliphatic heterocycles. The van der Waals surface area contributed by atoms with Crippen LogP contribution < -0.4 is 19.8 Å². The highest BCUT2D eigenvalue weighted by atomic mass is 16.7. The van der Waals surface area contributed by atoms with Crippen molar-refractivity contribution in [2.45, 2.75) is 26.4 Å². The number of ether oxygens (including phenoxy) is 3. The lowest BCUT2D eigenvalue weighted by Gasteiger charge is -2.19. The number of hydrogen-bond donors (Lipinski definition) is 1. The molecule has 3 rings (SSSR count). The molecule has 2 heterocycles. The number of rotatable bonds is 4. The molecule has 1 aliphatic rings. The van der Waals surface area contributed by atoms with Gasteiger partial charge >= 0.3 is 0 Å². The van der Waals surface area contributed by atoms with Crippen molar-refractivity contribution in [2.24, 2.45) is 13.0 Å². The largest absolute Gasteiger partial charge is 0.496 e. The van der Waals surface area contributed by atoms with E-state index in [1.165, 1.54) is 11.7 Å². The summed E-state index contributed by atoms with van der Waals surface area (Å²) in [5.74, 6) is 1.71. The van der Waals surface area contributed by atoms with Crippen LogP contribution in [0.25, 0.3) is 10.9 Å². The van der Waals surface area contributed by atoms with Crippen molar-refractivity contribution in [3.05, 3.63) is 28.0 Å². The number of fused-ring (bicyclic) bond motifs is 3. The van der Waals surface area contributed by atoms with Gasteiger partial charge in [0, 0.05) is 18.9 Å². The van der Waals surface area contributed by atoms with Crippen molar-refractivity contribution < 1.29 is 19.3 Å². The van der Waals surface area contributed by atoms with Crippen LogP contribution in [-0.2, 0) is 13.5 Å². The molecule has 0 saturated carbocycles. The summed E-state index contributed by atoms with van der Waals surface area (Å²) in [6.45, 7) is 3.97.